The topological polar surface area (TPSA) is 118 Å². The Morgan fingerprint density at radius 2 is 2.04 bits per heavy atom. The Hall–Kier alpha value is -3.40. The first-order valence-corrected chi connectivity index (χ1v) is 8.38. The standard InChI is InChI=1S/C16H12N4O5S/c1-16(11-5-3-7-25-11)14(22)20(15(23)18-16)19-12(21)9-8-26-13(17-9)10-4-2-6-24-10/h2-8H,1H3,(H,18,23)(H,19,21). The van der Waals surface area contributed by atoms with Crippen molar-refractivity contribution in [1.82, 2.24) is 20.7 Å². The fourth-order valence-corrected chi connectivity index (χ4v) is 3.29. The summed E-state index contributed by atoms with van der Waals surface area (Å²) in [5.74, 6) is -0.561. The highest BCUT2D eigenvalue weighted by Crippen LogP contribution is 2.28. The van der Waals surface area contributed by atoms with Gasteiger partial charge in [-0.2, -0.15) is 5.01 Å². The number of hydrogen-bond acceptors (Lipinski definition) is 7. The van der Waals surface area contributed by atoms with E-state index in [1.807, 2.05) is 0 Å². The Balaban J connectivity index is 1.53. The minimum absolute atomic E-state index is 0.0635. The zero-order valence-electron chi connectivity index (χ0n) is 13.4. The van der Waals surface area contributed by atoms with E-state index in [0.717, 1.165) is 0 Å². The lowest BCUT2D eigenvalue weighted by Gasteiger charge is -2.18. The predicted molar refractivity (Wildman–Crippen MR) is 88.7 cm³/mol. The lowest BCUT2D eigenvalue weighted by molar-refractivity contribution is -0.133. The Morgan fingerprint density at radius 1 is 1.27 bits per heavy atom. The molecular formula is C16H12N4O5S. The molecule has 1 aliphatic rings. The molecule has 1 saturated heterocycles. The maximum atomic E-state index is 12.6. The van der Waals surface area contributed by atoms with Crippen molar-refractivity contribution in [3.63, 3.8) is 0 Å². The van der Waals surface area contributed by atoms with Crippen LogP contribution in [0.15, 0.2) is 51.0 Å². The van der Waals surface area contributed by atoms with Crippen LogP contribution in [0.1, 0.15) is 23.2 Å². The van der Waals surface area contributed by atoms with E-state index < -0.39 is 23.4 Å². The van der Waals surface area contributed by atoms with Gasteiger partial charge in [0.25, 0.3) is 11.8 Å². The molecular weight excluding hydrogens is 360 g/mol. The summed E-state index contributed by atoms with van der Waals surface area (Å²) in [6.07, 6.45) is 2.89. The van der Waals surface area contributed by atoms with Gasteiger partial charge in [-0.3, -0.25) is 15.0 Å². The van der Waals surface area contributed by atoms with Gasteiger partial charge in [0.05, 0.1) is 12.5 Å². The molecule has 0 saturated carbocycles. The number of urea groups is 1. The molecule has 3 aromatic rings. The minimum Gasteiger partial charge on any atom is -0.466 e. The minimum atomic E-state index is -1.39. The van der Waals surface area contributed by atoms with E-state index in [2.05, 4.69) is 15.7 Å². The third kappa shape index (κ3) is 2.47. The molecule has 4 amide bonds. The second-order valence-electron chi connectivity index (χ2n) is 5.63. The van der Waals surface area contributed by atoms with Crippen molar-refractivity contribution in [2.75, 3.05) is 0 Å². The molecule has 2 N–H and O–H groups in total. The molecule has 1 aliphatic heterocycles. The molecule has 1 fully saturated rings. The highest BCUT2D eigenvalue weighted by atomic mass is 32.1. The number of hydrogen-bond donors (Lipinski definition) is 2. The number of aromatic nitrogens is 1. The van der Waals surface area contributed by atoms with Gasteiger partial charge in [0.2, 0.25) is 0 Å². The average Bonchev–Trinajstić information content (AvgIpc) is 3.39. The van der Waals surface area contributed by atoms with Crippen molar-refractivity contribution in [2.24, 2.45) is 0 Å². The number of rotatable bonds is 4. The van der Waals surface area contributed by atoms with Crippen molar-refractivity contribution in [1.29, 1.82) is 0 Å². The van der Waals surface area contributed by atoms with Gasteiger partial charge in [-0.05, 0) is 31.2 Å². The molecule has 4 rings (SSSR count). The maximum Gasteiger partial charge on any atom is 0.344 e. The summed E-state index contributed by atoms with van der Waals surface area (Å²) >= 11 is 1.21. The molecule has 0 radical (unpaired) electrons. The molecule has 132 valence electrons. The SMILES string of the molecule is CC1(c2ccco2)NC(=O)N(NC(=O)c2csc(-c3ccco3)n2)C1=O. The van der Waals surface area contributed by atoms with Gasteiger partial charge >= 0.3 is 6.03 Å². The number of furan rings is 2. The lowest BCUT2D eigenvalue weighted by atomic mass is 10.00. The number of nitrogens with zero attached hydrogens (tertiary/aromatic N) is 2. The molecule has 0 bridgehead atoms. The van der Waals surface area contributed by atoms with E-state index in [1.165, 1.54) is 36.2 Å². The summed E-state index contributed by atoms with van der Waals surface area (Å²) in [7, 11) is 0. The highest BCUT2D eigenvalue weighted by molar-refractivity contribution is 7.13. The van der Waals surface area contributed by atoms with Crippen LogP contribution in [0.5, 0.6) is 0 Å². The monoisotopic (exact) mass is 372 g/mol. The van der Waals surface area contributed by atoms with Crippen molar-refractivity contribution in [2.45, 2.75) is 12.5 Å². The van der Waals surface area contributed by atoms with Crippen LogP contribution < -0.4 is 10.7 Å². The van der Waals surface area contributed by atoms with E-state index in [9.17, 15) is 14.4 Å². The van der Waals surface area contributed by atoms with Gasteiger partial charge in [-0.25, -0.2) is 9.78 Å². The number of amides is 4. The van der Waals surface area contributed by atoms with Gasteiger partial charge < -0.3 is 14.2 Å². The predicted octanol–water partition coefficient (Wildman–Crippen LogP) is 2.11. The first-order chi connectivity index (χ1) is 12.5. The molecule has 4 heterocycles. The Kier molecular flexibility index (Phi) is 3.62. The molecule has 3 aromatic heterocycles. The summed E-state index contributed by atoms with van der Waals surface area (Å²) in [5.41, 5.74) is 0.945. The van der Waals surface area contributed by atoms with Crippen LogP contribution in [-0.2, 0) is 10.3 Å². The normalized spacial score (nSPS) is 19.7. The van der Waals surface area contributed by atoms with Crippen molar-refractivity contribution < 1.29 is 23.2 Å². The molecule has 9 nitrogen and oxygen atoms in total. The van der Waals surface area contributed by atoms with Gasteiger partial charge in [0, 0.05) is 5.38 Å². The Morgan fingerprint density at radius 3 is 2.73 bits per heavy atom. The van der Waals surface area contributed by atoms with Crippen LogP contribution in [0.4, 0.5) is 4.79 Å². The fourth-order valence-electron chi connectivity index (χ4n) is 2.52. The largest absolute Gasteiger partial charge is 0.466 e. The van der Waals surface area contributed by atoms with Gasteiger partial charge in [0.15, 0.2) is 16.3 Å². The maximum absolute atomic E-state index is 12.6. The van der Waals surface area contributed by atoms with Crippen LogP contribution >= 0.6 is 11.3 Å². The number of carbonyl (C=O) groups is 3. The molecule has 0 spiro atoms. The number of nitrogens with one attached hydrogen (secondary N) is 2. The summed E-state index contributed by atoms with van der Waals surface area (Å²) in [5, 5.41) is 5.16. The summed E-state index contributed by atoms with van der Waals surface area (Å²) < 4.78 is 10.5. The Bertz CT molecular complexity index is 978. The van der Waals surface area contributed by atoms with Crippen LogP contribution in [0.3, 0.4) is 0 Å². The van der Waals surface area contributed by atoms with Crippen LogP contribution in [0, 0.1) is 0 Å². The first kappa shape index (κ1) is 16.1. The second kappa shape index (κ2) is 5.85. The van der Waals surface area contributed by atoms with Crippen LogP contribution in [-0.4, -0.2) is 27.8 Å². The molecule has 1 unspecified atom stereocenters. The highest BCUT2D eigenvalue weighted by Gasteiger charge is 2.52. The number of hydrazine groups is 1. The van der Waals surface area contributed by atoms with Gasteiger partial charge in [-0.1, -0.05) is 0 Å². The van der Waals surface area contributed by atoms with Crippen LogP contribution in [0.25, 0.3) is 10.8 Å². The molecule has 0 aliphatic carbocycles. The zero-order chi connectivity index (χ0) is 18.3. The Labute approximate surface area is 150 Å². The second-order valence-corrected chi connectivity index (χ2v) is 6.49. The fraction of sp³-hybridized carbons (Fsp3) is 0.125. The third-order valence-corrected chi connectivity index (χ3v) is 4.74. The van der Waals surface area contributed by atoms with Gasteiger partial charge in [-0.15, -0.1) is 11.3 Å². The molecule has 10 heteroatoms. The van der Waals surface area contributed by atoms with E-state index in [1.54, 1.807) is 24.3 Å². The number of imide groups is 1. The first-order valence-electron chi connectivity index (χ1n) is 7.50. The molecule has 1 atom stereocenters. The summed E-state index contributed by atoms with van der Waals surface area (Å²) in [4.78, 5) is 41.3. The van der Waals surface area contributed by atoms with Crippen molar-refractivity contribution in [3.8, 4) is 10.8 Å². The molecule has 26 heavy (non-hydrogen) atoms. The number of thiazole rings is 1. The molecule has 0 aromatic carbocycles. The quantitative estimate of drug-likeness (QED) is 0.677. The average molecular weight is 372 g/mol. The summed E-state index contributed by atoms with van der Waals surface area (Å²) in [6, 6.07) is 5.84. The lowest BCUT2D eigenvalue weighted by Crippen LogP contribution is -2.47. The summed E-state index contributed by atoms with van der Waals surface area (Å²) in [6.45, 7) is 1.50. The van der Waals surface area contributed by atoms with Crippen molar-refractivity contribution >= 4 is 29.2 Å². The smallest absolute Gasteiger partial charge is 0.344 e. The van der Waals surface area contributed by atoms with E-state index in [-0.39, 0.29) is 11.5 Å². The number of carbonyl (C=O) groups excluding carboxylic acids is 3. The van der Waals surface area contributed by atoms with Crippen molar-refractivity contribution in [3.05, 3.63) is 53.6 Å². The van der Waals surface area contributed by atoms with Gasteiger partial charge in [0.1, 0.15) is 11.5 Å². The zero-order valence-corrected chi connectivity index (χ0v) is 14.2. The van der Waals surface area contributed by atoms with E-state index >= 15 is 0 Å². The van der Waals surface area contributed by atoms with E-state index in [4.69, 9.17) is 8.83 Å². The third-order valence-electron chi connectivity index (χ3n) is 3.89. The van der Waals surface area contributed by atoms with E-state index in [0.29, 0.717) is 15.8 Å². The van der Waals surface area contributed by atoms with Crippen LogP contribution in [0.2, 0.25) is 0 Å².